The van der Waals surface area contributed by atoms with Crippen molar-refractivity contribution in [3.63, 3.8) is 0 Å². The standard InChI is InChI=1S/C19H15F2N3O/c20-13-8-9-14(15(21)10-13)19(25)22-18-16(11-4-2-1-3-5-11)23-24-17(18)12-6-7-12/h1-5,8-10,12H,6-7H2,(H,22,25)(H,23,24). The van der Waals surface area contributed by atoms with Crippen LogP contribution in [0.2, 0.25) is 0 Å². The lowest BCUT2D eigenvalue weighted by molar-refractivity contribution is 0.102. The van der Waals surface area contributed by atoms with Gasteiger partial charge in [-0.25, -0.2) is 8.78 Å². The van der Waals surface area contributed by atoms with Crippen LogP contribution in [0.4, 0.5) is 14.5 Å². The Hall–Kier alpha value is -3.02. The molecule has 2 N–H and O–H groups in total. The summed E-state index contributed by atoms with van der Waals surface area (Å²) in [4.78, 5) is 12.5. The van der Waals surface area contributed by atoms with Gasteiger partial charge in [0.15, 0.2) is 0 Å². The van der Waals surface area contributed by atoms with Crippen molar-refractivity contribution in [2.75, 3.05) is 5.32 Å². The summed E-state index contributed by atoms with van der Waals surface area (Å²) in [6.07, 6.45) is 2.04. The van der Waals surface area contributed by atoms with Crippen molar-refractivity contribution in [3.8, 4) is 11.3 Å². The molecule has 4 nitrogen and oxygen atoms in total. The van der Waals surface area contributed by atoms with Gasteiger partial charge in [0.25, 0.3) is 5.91 Å². The molecule has 0 aliphatic heterocycles. The monoisotopic (exact) mass is 339 g/mol. The van der Waals surface area contributed by atoms with Gasteiger partial charge >= 0.3 is 0 Å². The van der Waals surface area contributed by atoms with Crippen LogP contribution in [-0.4, -0.2) is 16.1 Å². The molecule has 1 heterocycles. The number of H-pyrrole nitrogens is 1. The fourth-order valence-electron chi connectivity index (χ4n) is 2.81. The predicted molar refractivity (Wildman–Crippen MR) is 90.3 cm³/mol. The molecule has 1 aromatic heterocycles. The first-order valence-corrected chi connectivity index (χ1v) is 8.03. The molecule has 1 saturated carbocycles. The van der Waals surface area contributed by atoms with E-state index in [0.29, 0.717) is 23.4 Å². The highest BCUT2D eigenvalue weighted by Crippen LogP contribution is 2.45. The van der Waals surface area contributed by atoms with E-state index in [1.165, 1.54) is 0 Å². The molecule has 4 rings (SSSR count). The molecular weight excluding hydrogens is 324 g/mol. The molecule has 1 aliphatic carbocycles. The molecule has 2 aromatic carbocycles. The second-order valence-corrected chi connectivity index (χ2v) is 6.08. The van der Waals surface area contributed by atoms with Crippen molar-refractivity contribution in [3.05, 3.63) is 71.4 Å². The highest BCUT2D eigenvalue weighted by atomic mass is 19.1. The largest absolute Gasteiger partial charge is 0.318 e. The molecule has 0 saturated heterocycles. The van der Waals surface area contributed by atoms with E-state index in [1.54, 1.807) is 0 Å². The van der Waals surface area contributed by atoms with Crippen LogP contribution < -0.4 is 5.32 Å². The van der Waals surface area contributed by atoms with E-state index in [4.69, 9.17) is 0 Å². The Kier molecular flexibility index (Phi) is 3.80. The van der Waals surface area contributed by atoms with Crippen molar-refractivity contribution in [2.24, 2.45) is 0 Å². The third-order valence-electron chi connectivity index (χ3n) is 4.24. The fraction of sp³-hybridized carbons (Fsp3) is 0.158. The van der Waals surface area contributed by atoms with E-state index in [0.717, 1.165) is 36.2 Å². The summed E-state index contributed by atoms with van der Waals surface area (Å²) in [5.74, 6) is -1.92. The first kappa shape index (κ1) is 15.5. The van der Waals surface area contributed by atoms with E-state index < -0.39 is 17.5 Å². The number of benzene rings is 2. The molecule has 0 atom stereocenters. The van der Waals surface area contributed by atoms with Crippen molar-refractivity contribution in [1.82, 2.24) is 10.2 Å². The Balaban J connectivity index is 1.71. The number of hydrogen-bond donors (Lipinski definition) is 2. The summed E-state index contributed by atoms with van der Waals surface area (Å²) in [5.41, 5.74) is 2.65. The van der Waals surface area contributed by atoms with Gasteiger partial charge in [-0.1, -0.05) is 30.3 Å². The summed E-state index contributed by atoms with van der Waals surface area (Å²) >= 11 is 0. The molecule has 1 aliphatic rings. The number of anilines is 1. The number of rotatable bonds is 4. The number of halogens is 2. The van der Waals surface area contributed by atoms with Crippen LogP contribution in [0.1, 0.15) is 34.8 Å². The van der Waals surface area contributed by atoms with Crippen LogP contribution in [0, 0.1) is 11.6 Å². The van der Waals surface area contributed by atoms with Gasteiger partial charge in [-0.3, -0.25) is 9.89 Å². The van der Waals surface area contributed by atoms with Gasteiger partial charge in [0, 0.05) is 17.5 Å². The summed E-state index contributed by atoms with van der Waals surface area (Å²) < 4.78 is 27.0. The Morgan fingerprint density at radius 3 is 2.56 bits per heavy atom. The molecule has 1 amide bonds. The SMILES string of the molecule is O=C(Nc1c(-c2ccccc2)n[nH]c1C1CC1)c1ccc(F)cc1F. The third kappa shape index (κ3) is 3.03. The minimum absolute atomic E-state index is 0.205. The maximum Gasteiger partial charge on any atom is 0.258 e. The second-order valence-electron chi connectivity index (χ2n) is 6.08. The number of nitrogens with zero attached hydrogens (tertiary/aromatic N) is 1. The van der Waals surface area contributed by atoms with Crippen LogP contribution in [0.5, 0.6) is 0 Å². The summed E-state index contributed by atoms with van der Waals surface area (Å²) in [6.45, 7) is 0. The first-order chi connectivity index (χ1) is 12.1. The van der Waals surface area contributed by atoms with Crippen LogP contribution in [-0.2, 0) is 0 Å². The lowest BCUT2D eigenvalue weighted by Crippen LogP contribution is -2.15. The van der Waals surface area contributed by atoms with Gasteiger partial charge < -0.3 is 5.32 Å². The molecule has 25 heavy (non-hydrogen) atoms. The topological polar surface area (TPSA) is 57.8 Å². The van der Waals surface area contributed by atoms with Gasteiger partial charge in [0.05, 0.1) is 16.9 Å². The summed E-state index contributed by atoms with van der Waals surface area (Å²) in [7, 11) is 0. The minimum Gasteiger partial charge on any atom is -0.318 e. The maximum absolute atomic E-state index is 13.9. The van der Waals surface area contributed by atoms with Crippen LogP contribution in [0.25, 0.3) is 11.3 Å². The zero-order valence-corrected chi connectivity index (χ0v) is 13.2. The average molecular weight is 339 g/mol. The van der Waals surface area contributed by atoms with Crippen LogP contribution >= 0.6 is 0 Å². The summed E-state index contributed by atoms with van der Waals surface area (Å²) in [5, 5.41) is 10.1. The van der Waals surface area contributed by atoms with Crippen molar-refractivity contribution in [1.29, 1.82) is 0 Å². The molecule has 126 valence electrons. The number of aromatic amines is 1. The molecule has 0 unspecified atom stereocenters. The molecule has 1 fully saturated rings. The smallest absolute Gasteiger partial charge is 0.258 e. The molecule has 0 radical (unpaired) electrons. The van der Waals surface area contributed by atoms with Crippen molar-refractivity contribution >= 4 is 11.6 Å². The lowest BCUT2D eigenvalue weighted by atomic mass is 10.1. The zero-order valence-electron chi connectivity index (χ0n) is 13.2. The summed E-state index contributed by atoms with van der Waals surface area (Å²) in [6, 6.07) is 12.3. The van der Waals surface area contributed by atoms with Gasteiger partial charge in [-0.05, 0) is 25.0 Å². The fourth-order valence-corrected chi connectivity index (χ4v) is 2.81. The van der Waals surface area contributed by atoms with Crippen LogP contribution in [0.3, 0.4) is 0 Å². The molecule has 3 aromatic rings. The van der Waals surface area contributed by atoms with E-state index in [9.17, 15) is 13.6 Å². The quantitative estimate of drug-likeness (QED) is 0.736. The molecular formula is C19H15F2N3O. The molecule has 0 spiro atoms. The van der Waals surface area contributed by atoms with E-state index in [1.807, 2.05) is 30.3 Å². The van der Waals surface area contributed by atoms with Gasteiger partial charge in [-0.15, -0.1) is 0 Å². The van der Waals surface area contributed by atoms with E-state index >= 15 is 0 Å². The number of aromatic nitrogens is 2. The second kappa shape index (κ2) is 6.12. The van der Waals surface area contributed by atoms with E-state index in [2.05, 4.69) is 15.5 Å². The Morgan fingerprint density at radius 2 is 1.88 bits per heavy atom. The van der Waals surface area contributed by atoms with Crippen molar-refractivity contribution in [2.45, 2.75) is 18.8 Å². The highest BCUT2D eigenvalue weighted by molar-refractivity contribution is 6.06. The minimum atomic E-state index is -0.893. The van der Waals surface area contributed by atoms with Crippen molar-refractivity contribution < 1.29 is 13.6 Å². The lowest BCUT2D eigenvalue weighted by Gasteiger charge is -2.09. The van der Waals surface area contributed by atoms with Gasteiger partial charge in [0.1, 0.15) is 17.3 Å². The van der Waals surface area contributed by atoms with Gasteiger partial charge in [-0.2, -0.15) is 5.10 Å². The van der Waals surface area contributed by atoms with Gasteiger partial charge in [0.2, 0.25) is 0 Å². The third-order valence-corrected chi connectivity index (χ3v) is 4.24. The molecule has 6 heteroatoms. The number of nitrogens with one attached hydrogen (secondary N) is 2. The number of hydrogen-bond acceptors (Lipinski definition) is 2. The van der Waals surface area contributed by atoms with E-state index in [-0.39, 0.29) is 5.56 Å². The Labute approximate surface area is 142 Å². The number of amides is 1. The highest BCUT2D eigenvalue weighted by Gasteiger charge is 2.31. The predicted octanol–water partition coefficient (Wildman–Crippen LogP) is 4.48. The van der Waals surface area contributed by atoms with Crippen LogP contribution in [0.15, 0.2) is 48.5 Å². The Bertz CT molecular complexity index is 933. The number of carbonyl (C=O) groups is 1. The zero-order chi connectivity index (χ0) is 17.4. The number of carbonyl (C=O) groups excluding carboxylic acids is 1. The normalized spacial score (nSPS) is 13.7. The first-order valence-electron chi connectivity index (χ1n) is 8.03. The maximum atomic E-state index is 13.9. The average Bonchev–Trinajstić information content (AvgIpc) is 3.36. The molecule has 0 bridgehead atoms. The Morgan fingerprint density at radius 1 is 1.12 bits per heavy atom.